The highest BCUT2D eigenvalue weighted by Gasteiger charge is 2.22. The Hall–Kier alpha value is -1.32. The minimum Gasteiger partial charge on any atom is -0.461 e. The number of hydrogen-bond acceptors (Lipinski definition) is 4. The zero-order valence-electron chi connectivity index (χ0n) is 14.4. The van der Waals surface area contributed by atoms with Crippen LogP contribution in [-0.4, -0.2) is 28.7 Å². The summed E-state index contributed by atoms with van der Waals surface area (Å²) >= 11 is 0. The molecule has 0 fully saturated rings. The number of benzene rings is 1. The average Bonchev–Trinajstić information content (AvgIpc) is 2.45. The first kappa shape index (κ1) is 19.7. The summed E-state index contributed by atoms with van der Waals surface area (Å²) in [5, 5.41) is 3.29. The number of anilines is 1. The van der Waals surface area contributed by atoms with Crippen LogP contribution < -0.4 is 5.32 Å². The van der Waals surface area contributed by atoms with Crippen LogP contribution in [0.25, 0.3) is 0 Å². The summed E-state index contributed by atoms with van der Waals surface area (Å²) in [5.74, 6) is -0.335. The number of carbonyl (C=O) groups is 1. The van der Waals surface area contributed by atoms with Crippen molar-refractivity contribution in [2.45, 2.75) is 58.8 Å². The van der Waals surface area contributed by atoms with E-state index in [9.17, 15) is 14.3 Å². The van der Waals surface area contributed by atoms with Crippen molar-refractivity contribution in [2.75, 3.05) is 11.5 Å². The van der Waals surface area contributed by atoms with Crippen molar-refractivity contribution >= 4 is 19.0 Å². The third-order valence-corrected chi connectivity index (χ3v) is 6.05. The molecule has 0 heterocycles. The first-order chi connectivity index (χ1) is 10.7. The van der Waals surface area contributed by atoms with Crippen LogP contribution in [0, 0.1) is 0 Å². The molecule has 0 aliphatic carbocycles. The van der Waals surface area contributed by atoms with Crippen molar-refractivity contribution in [2.24, 2.45) is 0 Å². The maximum Gasteiger partial charge on any atom is 0.306 e. The molecule has 0 saturated carbocycles. The van der Waals surface area contributed by atoms with Gasteiger partial charge in [0.25, 0.3) is 0 Å². The second-order valence-corrected chi connectivity index (χ2v) is 9.32. The van der Waals surface area contributed by atoms with Gasteiger partial charge in [0.2, 0.25) is 7.37 Å². The number of rotatable bonds is 9. The van der Waals surface area contributed by atoms with Crippen LogP contribution in [0.2, 0.25) is 0 Å². The van der Waals surface area contributed by atoms with Crippen molar-refractivity contribution in [3.63, 3.8) is 0 Å². The molecule has 1 rings (SSSR count). The van der Waals surface area contributed by atoms with E-state index in [2.05, 4.69) is 19.2 Å². The van der Waals surface area contributed by atoms with Crippen molar-refractivity contribution in [1.82, 2.24) is 0 Å². The van der Waals surface area contributed by atoms with E-state index in [-0.39, 0.29) is 30.8 Å². The van der Waals surface area contributed by atoms with Crippen LogP contribution in [0.4, 0.5) is 5.69 Å². The van der Waals surface area contributed by atoms with Crippen LogP contribution in [0.5, 0.6) is 0 Å². The van der Waals surface area contributed by atoms with Gasteiger partial charge in [0.15, 0.2) is 0 Å². The zero-order chi connectivity index (χ0) is 17.5. The zero-order valence-corrected chi connectivity index (χ0v) is 15.3. The van der Waals surface area contributed by atoms with E-state index in [0.717, 1.165) is 11.3 Å². The highest BCUT2D eigenvalue weighted by molar-refractivity contribution is 7.58. The molecule has 1 atom stereocenters. The molecule has 0 aliphatic heterocycles. The fourth-order valence-corrected chi connectivity index (χ4v) is 3.10. The maximum absolute atomic E-state index is 11.8. The number of esters is 1. The van der Waals surface area contributed by atoms with Crippen molar-refractivity contribution in [1.29, 1.82) is 0 Å². The maximum atomic E-state index is 11.8. The lowest BCUT2D eigenvalue weighted by Gasteiger charge is -2.14. The summed E-state index contributed by atoms with van der Waals surface area (Å²) in [4.78, 5) is 21.4. The highest BCUT2D eigenvalue weighted by Crippen LogP contribution is 2.46. The van der Waals surface area contributed by atoms with Crippen molar-refractivity contribution < 1.29 is 19.0 Å². The SMILES string of the molecule is CC(C)Nc1ccc(COC(=O)CCCP(=O)(O)C(C)C)cc1. The normalized spacial score (nSPS) is 13.9. The van der Waals surface area contributed by atoms with Gasteiger partial charge in [-0.25, -0.2) is 0 Å². The van der Waals surface area contributed by atoms with Gasteiger partial charge >= 0.3 is 5.97 Å². The fourth-order valence-electron chi connectivity index (χ4n) is 1.97. The molecular formula is C17H28NO4P. The van der Waals surface area contributed by atoms with E-state index in [4.69, 9.17) is 4.74 Å². The van der Waals surface area contributed by atoms with Crippen LogP contribution in [0.1, 0.15) is 46.1 Å². The van der Waals surface area contributed by atoms with Crippen LogP contribution >= 0.6 is 7.37 Å². The molecule has 130 valence electrons. The molecule has 0 amide bonds. The van der Waals surface area contributed by atoms with Gasteiger partial charge in [0.05, 0.1) is 0 Å². The van der Waals surface area contributed by atoms with E-state index in [0.29, 0.717) is 12.5 Å². The molecule has 5 nitrogen and oxygen atoms in total. The first-order valence-corrected chi connectivity index (χ1v) is 9.94. The molecule has 23 heavy (non-hydrogen) atoms. The third-order valence-electron chi connectivity index (χ3n) is 3.48. The topological polar surface area (TPSA) is 75.6 Å². The predicted octanol–water partition coefficient (Wildman–Crippen LogP) is 4.01. The first-order valence-electron chi connectivity index (χ1n) is 8.03. The largest absolute Gasteiger partial charge is 0.461 e. The fraction of sp³-hybridized carbons (Fsp3) is 0.588. The molecular weight excluding hydrogens is 313 g/mol. The number of carbonyl (C=O) groups excluding carboxylic acids is 1. The molecule has 0 bridgehead atoms. The summed E-state index contributed by atoms with van der Waals surface area (Å²) in [6.07, 6.45) is 0.710. The average molecular weight is 341 g/mol. The van der Waals surface area contributed by atoms with Gasteiger partial charge in [0, 0.05) is 30.0 Å². The Morgan fingerprint density at radius 2 is 1.83 bits per heavy atom. The van der Waals surface area contributed by atoms with E-state index in [1.807, 2.05) is 24.3 Å². The third kappa shape index (κ3) is 7.67. The Morgan fingerprint density at radius 1 is 1.22 bits per heavy atom. The smallest absolute Gasteiger partial charge is 0.306 e. The summed E-state index contributed by atoms with van der Waals surface area (Å²) in [7, 11) is -3.13. The molecule has 0 spiro atoms. The highest BCUT2D eigenvalue weighted by atomic mass is 31.2. The lowest BCUT2D eigenvalue weighted by molar-refractivity contribution is -0.144. The van der Waals surface area contributed by atoms with Crippen molar-refractivity contribution in [3.05, 3.63) is 29.8 Å². The quantitative estimate of drug-likeness (QED) is 0.524. The lowest BCUT2D eigenvalue weighted by atomic mass is 10.2. The summed E-state index contributed by atoms with van der Waals surface area (Å²) in [6, 6.07) is 8.10. The van der Waals surface area contributed by atoms with E-state index in [1.54, 1.807) is 13.8 Å². The minimum absolute atomic E-state index is 0.162. The number of nitrogens with one attached hydrogen (secondary N) is 1. The van der Waals surface area contributed by atoms with Gasteiger partial charge in [-0.3, -0.25) is 9.36 Å². The van der Waals surface area contributed by atoms with Gasteiger partial charge in [-0.05, 0) is 38.0 Å². The van der Waals surface area contributed by atoms with Gasteiger partial charge in [0.1, 0.15) is 6.61 Å². The standard InChI is InChI=1S/C17H28NO4P/c1-13(2)18-16-9-7-15(8-10-16)12-22-17(19)6-5-11-23(20,21)14(3)4/h7-10,13-14,18H,5-6,11-12H2,1-4H3,(H,20,21). The molecule has 2 N–H and O–H groups in total. The molecule has 0 radical (unpaired) electrons. The van der Waals surface area contributed by atoms with Gasteiger partial charge < -0.3 is 14.9 Å². The Bertz CT molecular complexity index is 540. The minimum atomic E-state index is -3.13. The lowest BCUT2D eigenvalue weighted by Crippen LogP contribution is -2.09. The number of ether oxygens (including phenoxy) is 1. The second-order valence-electron chi connectivity index (χ2n) is 6.33. The summed E-state index contributed by atoms with van der Waals surface area (Å²) in [6.45, 7) is 7.80. The molecule has 1 aromatic rings. The second kappa shape index (κ2) is 9.09. The van der Waals surface area contributed by atoms with Crippen LogP contribution in [0.3, 0.4) is 0 Å². The Balaban J connectivity index is 2.32. The van der Waals surface area contributed by atoms with Crippen LogP contribution in [-0.2, 0) is 20.7 Å². The summed E-state index contributed by atoms with van der Waals surface area (Å²) < 4.78 is 17.0. The van der Waals surface area contributed by atoms with E-state index in [1.165, 1.54) is 0 Å². The summed E-state index contributed by atoms with van der Waals surface area (Å²) in [5.41, 5.74) is 1.68. The molecule has 0 aliphatic rings. The molecule has 6 heteroatoms. The van der Waals surface area contributed by atoms with Crippen molar-refractivity contribution in [3.8, 4) is 0 Å². The monoisotopic (exact) mass is 341 g/mol. The van der Waals surface area contributed by atoms with Crippen LogP contribution in [0.15, 0.2) is 24.3 Å². The molecule has 0 aromatic heterocycles. The Kier molecular flexibility index (Phi) is 7.80. The van der Waals surface area contributed by atoms with E-state index < -0.39 is 7.37 Å². The Morgan fingerprint density at radius 3 is 2.35 bits per heavy atom. The van der Waals surface area contributed by atoms with Gasteiger partial charge in [-0.2, -0.15) is 0 Å². The predicted molar refractivity (Wildman–Crippen MR) is 94.1 cm³/mol. The molecule has 1 aromatic carbocycles. The number of hydrogen-bond donors (Lipinski definition) is 2. The van der Waals surface area contributed by atoms with Gasteiger partial charge in [-0.1, -0.05) is 26.0 Å². The molecule has 1 unspecified atom stereocenters. The molecule has 0 saturated heterocycles. The Labute approximate surface area is 138 Å². The van der Waals surface area contributed by atoms with Gasteiger partial charge in [-0.15, -0.1) is 0 Å². The van der Waals surface area contributed by atoms with E-state index >= 15 is 0 Å².